The molecule has 3 fully saturated rings. The van der Waals surface area contributed by atoms with Crippen LogP contribution in [-0.2, 0) is 16.6 Å². The van der Waals surface area contributed by atoms with Gasteiger partial charge in [0.25, 0.3) is 0 Å². The monoisotopic (exact) mass is 466 g/mol. The van der Waals surface area contributed by atoms with Gasteiger partial charge in [-0.2, -0.15) is 0 Å². The lowest BCUT2D eigenvalue weighted by Crippen LogP contribution is -2.60. The average molecular weight is 467 g/mol. The third kappa shape index (κ3) is 2.86. The minimum Gasteiger partial charge on any atom is -0.504 e. The third-order valence-corrected chi connectivity index (χ3v) is 11.8. The van der Waals surface area contributed by atoms with Crippen molar-refractivity contribution in [3.05, 3.63) is 34.4 Å². The van der Waals surface area contributed by atoms with Gasteiger partial charge >= 0.3 is 5.97 Å². The first-order chi connectivity index (χ1) is 15.8. The van der Waals surface area contributed by atoms with Crippen molar-refractivity contribution < 1.29 is 20.1 Å². The van der Waals surface area contributed by atoms with Gasteiger partial charge in [0.05, 0.1) is 5.92 Å². The van der Waals surface area contributed by atoms with Gasteiger partial charge in [-0.1, -0.05) is 46.3 Å². The van der Waals surface area contributed by atoms with Gasteiger partial charge in [0, 0.05) is 5.41 Å². The van der Waals surface area contributed by atoms with Crippen LogP contribution in [-0.4, -0.2) is 21.3 Å². The van der Waals surface area contributed by atoms with Crippen LogP contribution in [0.2, 0.25) is 0 Å². The number of phenols is 2. The number of aromatic hydroxyl groups is 2. The molecule has 7 atom stereocenters. The Morgan fingerprint density at radius 3 is 2.41 bits per heavy atom. The summed E-state index contributed by atoms with van der Waals surface area (Å²) >= 11 is 0. The quantitative estimate of drug-likeness (QED) is 0.311. The van der Waals surface area contributed by atoms with Crippen LogP contribution in [0.3, 0.4) is 0 Å². The first-order valence-corrected chi connectivity index (χ1v) is 13.3. The van der Waals surface area contributed by atoms with E-state index in [1.165, 1.54) is 16.7 Å². The first kappa shape index (κ1) is 23.8. The number of hydrogen-bond acceptors (Lipinski definition) is 3. The van der Waals surface area contributed by atoms with Crippen LogP contribution < -0.4 is 0 Å². The lowest BCUT2D eigenvalue weighted by atomic mass is 9.36. The van der Waals surface area contributed by atoms with Crippen LogP contribution in [0.5, 0.6) is 11.5 Å². The molecule has 0 saturated heterocycles. The number of aliphatic carboxylic acids is 1. The normalized spacial score (nSPS) is 43.5. The molecule has 0 aromatic heterocycles. The van der Waals surface area contributed by atoms with Crippen molar-refractivity contribution in [1.82, 2.24) is 0 Å². The molecule has 3 N–H and O–H groups in total. The van der Waals surface area contributed by atoms with Crippen LogP contribution >= 0.6 is 0 Å². The Morgan fingerprint density at radius 2 is 1.74 bits per heavy atom. The summed E-state index contributed by atoms with van der Waals surface area (Å²) in [7, 11) is 0. The van der Waals surface area contributed by atoms with Gasteiger partial charge in [0.15, 0.2) is 11.5 Å². The van der Waals surface area contributed by atoms with Gasteiger partial charge < -0.3 is 15.3 Å². The summed E-state index contributed by atoms with van der Waals surface area (Å²) in [6, 6.07) is 1.83. The smallest absolute Gasteiger partial charge is 0.306 e. The van der Waals surface area contributed by atoms with Crippen molar-refractivity contribution in [3.8, 4) is 11.5 Å². The summed E-state index contributed by atoms with van der Waals surface area (Å²) in [5.74, 6) is -0.119. The maximum atomic E-state index is 12.1. The predicted octanol–water partition coefficient (Wildman–Crippen LogP) is 6.89. The van der Waals surface area contributed by atoms with Gasteiger partial charge in [-0.15, -0.1) is 0 Å². The molecule has 0 radical (unpaired) electrons. The van der Waals surface area contributed by atoms with Crippen LogP contribution in [0, 0.1) is 40.9 Å². The van der Waals surface area contributed by atoms with Crippen LogP contribution in [0.4, 0.5) is 0 Å². The molecule has 0 amide bonds. The van der Waals surface area contributed by atoms with Crippen LogP contribution in [0.15, 0.2) is 17.7 Å². The molecule has 5 rings (SSSR count). The fraction of sp³-hybridized carbons (Fsp3) is 0.700. The number of carbonyl (C=O) groups is 1. The Labute approximate surface area is 204 Å². The fourth-order valence-electron chi connectivity index (χ4n) is 9.39. The van der Waals surface area contributed by atoms with Crippen molar-refractivity contribution in [2.24, 2.45) is 34.0 Å². The van der Waals surface area contributed by atoms with Crippen molar-refractivity contribution >= 4 is 5.97 Å². The highest BCUT2D eigenvalue weighted by Crippen LogP contribution is 2.73. The predicted molar refractivity (Wildman–Crippen MR) is 134 cm³/mol. The summed E-state index contributed by atoms with van der Waals surface area (Å²) in [5.41, 5.74) is 4.74. The number of hydrogen-bond donors (Lipinski definition) is 3. The summed E-state index contributed by atoms with van der Waals surface area (Å²) in [6.07, 6.45) is 10.4. The van der Waals surface area contributed by atoms with E-state index < -0.39 is 5.97 Å². The molecule has 0 aliphatic heterocycles. The number of carboxylic acid groups (broad SMARTS) is 1. The highest BCUT2D eigenvalue weighted by atomic mass is 16.4. The zero-order valence-electron chi connectivity index (χ0n) is 21.8. The maximum absolute atomic E-state index is 12.1. The summed E-state index contributed by atoms with van der Waals surface area (Å²) in [4.78, 5) is 12.1. The van der Waals surface area contributed by atoms with Crippen molar-refractivity contribution in [2.45, 2.75) is 98.3 Å². The second-order valence-corrected chi connectivity index (χ2v) is 13.2. The number of rotatable bonds is 1. The van der Waals surface area contributed by atoms with E-state index in [9.17, 15) is 20.1 Å². The van der Waals surface area contributed by atoms with Gasteiger partial charge in [0.2, 0.25) is 0 Å². The SMILES string of the molecule is Cc1c(O)c(O)cc2c1CC=C1[C@@]2(C)CC[C@@]2(C)[C@@H]3CC[C@@H](C)C(C(=O)O)C[C@]3(C)CC[C@]12C. The van der Waals surface area contributed by atoms with Crippen molar-refractivity contribution in [1.29, 1.82) is 0 Å². The first-order valence-electron chi connectivity index (χ1n) is 13.3. The van der Waals surface area contributed by atoms with E-state index in [4.69, 9.17) is 0 Å². The fourth-order valence-corrected chi connectivity index (χ4v) is 9.39. The molecule has 3 saturated carbocycles. The molecule has 4 aliphatic carbocycles. The van der Waals surface area contributed by atoms with Crippen molar-refractivity contribution in [2.75, 3.05) is 0 Å². The van der Waals surface area contributed by atoms with Gasteiger partial charge in [-0.3, -0.25) is 4.79 Å². The number of allylic oxidation sites excluding steroid dienone is 2. The highest BCUT2D eigenvalue weighted by Gasteiger charge is 2.65. The van der Waals surface area contributed by atoms with E-state index >= 15 is 0 Å². The topological polar surface area (TPSA) is 77.8 Å². The van der Waals surface area contributed by atoms with E-state index in [1.54, 1.807) is 0 Å². The van der Waals surface area contributed by atoms with E-state index in [2.05, 4.69) is 40.7 Å². The van der Waals surface area contributed by atoms with E-state index in [0.29, 0.717) is 5.92 Å². The zero-order valence-corrected chi connectivity index (χ0v) is 21.8. The molecule has 4 heteroatoms. The van der Waals surface area contributed by atoms with Crippen molar-refractivity contribution in [3.63, 3.8) is 0 Å². The maximum Gasteiger partial charge on any atom is 0.306 e. The van der Waals surface area contributed by atoms with E-state index in [1.807, 2.05) is 13.0 Å². The van der Waals surface area contributed by atoms with Crippen LogP contribution in [0.25, 0.3) is 0 Å². The Hall–Kier alpha value is -1.97. The standard InChI is InChI=1S/C30H42O4/c1-17-7-9-23-27(3,16-20(17)26(33)34)11-13-30(6)24-10-8-19-18(2)25(32)22(31)15-21(19)28(24,4)12-14-29(23,30)5/h10,15,17,20,23,31-32H,7-9,11-14,16H2,1-6H3,(H,33,34)/t17-,20?,23-,27+,28+,29+,30-/m1/s1. The molecule has 0 bridgehead atoms. The molecule has 1 aromatic carbocycles. The second kappa shape index (κ2) is 7.27. The number of carboxylic acids is 1. The average Bonchev–Trinajstić information content (AvgIpc) is 2.91. The third-order valence-electron chi connectivity index (χ3n) is 11.8. The molecule has 1 unspecified atom stereocenters. The molecular formula is C30H42O4. The molecular weight excluding hydrogens is 424 g/mol. The Balaban J connectivity index is 1.60. The Kier molecular flexibility index (Phi) is 5.08. The molecule has 186 valence electrons. The molecule has 4 nitrogen and oxygen atoms in total. The minimum atomic E-state index is -0.617. The lowest BCUT2D eigenvalue weighted by molar-refractivity contribution is -0.149. The van der Waals surface area contributed by atoms with Gasteiger partial charge in [-0.25, -0.2) is 0 Å². The largest absolute Gasteiger partial charge is 0.504 e. The highest BCUT2D eigenvalue weighted by molar-refractivity contribution is 5.70. The van der Waals surface area contributed by atoms with Crippen LogP contribution in [0.1, 0.15) is 96.3 Å². The zero-order chi connectivity index (χ0) is 24.8. The molecule has 34 heavy (non-hydrogen) atoms. The van der Waals surface area contributed by atoms with Gasteiger partial charge in [-0.05, 0) is 109 Å². The summed E-state index contributed by atoms with van der Waals surface area (Å²) in [6.45, 7) is 13.8. The van der Waals surface area contributed by atoms with Gasteiger partial charge in [0.1, 0.15) is 0 Å². The second-order valence-electron chi connectivity index (χ2n) is 13.2. The molecule has 0 spiro atoms. The molecule has 0 heterocycles. The Bertz CT molecular complexity index is 1090. The van der Waals surface area contributed by atoms with E-state index in [0.717, 1.165) is 56.9 Å². The molecule has 1 aromatic rings. The number of fused-ring (bicyclic) bond motifs is 7. The molecule has 4 aliphatic rings. The number of phenolic OH excluding ortho intramolecular Hbond substituents is 2. The number of benzene rings is 1. The Morgan fingerprint density at radius 1 is 1.03 bits per heavy atom. The minimum absolute atomic E-state index is 0.00843. The lowest BCUT2D eigenvalue weighted by Gasteiger charge is -2.68. The summed E-state index contributed by atoms with van der Waals surface area (Å²) in [5, 5.41) is 30.9. The van der Waals surface area contributed by atoms with E-state index in [-0.39, 0.29) is 45.0 Å². The summed E-state index contributed by atoms with van der Waals surface area (Å²) < 4.78 is 0.